The SMILES string of the molecule is O=C(NCCOCCCl)C1CCCC1. The molecule has 0 bridgehead atoms. The van der Waals surface area contributed by atoms with Crippen molar-refractivity contribution in [3.63, 3.8) is 0 Å². The monoisotopic (exact) mass is 219 g/mol. The molecule has 1 aliphatic rings. The second kappa shape index (κ2) is 7.07. The zero-order chi connectivity index (χ0) is 10.2. The summed E-state index contributed by atoms with van der Waals surface area (Å²) in [6.45, 7) is 1.72. The molecule has 0 heterocycles. The standard InChI is InChI=1S/C10H18ClNO2/c11-5-7-14-8-6-12-10(13)9-3-1-2-4-9/h9H,1-8H2,(H,12,13). The van der Waals surface area contributed by atoms with Gasteiger partial charge in [0.25, 0.3) is 0 Å². The van der Waals surface area contributed by atoms with Crippen LogP contribution in [0.1, 0.15) is 25.7 Å². The number of carbonyl (C=O) groups is 1. The highest BCUT2D eigenvalue weighted by Crippen LogP contribution is 2.24. The van der Waals surface area contributed by atoms with Crippen LogP contribution in [0.15, 0.2) is 0 Å². The molecular weight excluding hydrogens is 202 g/mol. The Morgan fingerprint density at radius 1 is 1.36 bits per heavy atom. The smallest absolute Gasteiger partial charge is 0.223 e. The molecule has 1 fully saturated rings. The third-order valence-electron chi connectivity index (χ3n) is 2.49. The molecule has 4 heteroatoms. The van der Waals surface area contributed by atoms with Gasteiger partial charge in [-0.1, -0.05) is 12.8 Å². The number of ether oxygens (including phenoxy) is 1. The Labute approximate surface area is 90.1 Å². The molecule has 0 radical (unpaired) electrons. The first kappa shape index (κ1) is 11.8. The van der Waals surface area contributed by atoms with Crippen molar-refractivity contribution in [3.8, 4) is 0 Å². The van der Waals surface area contributed by atoms with Crippen molar-refractivity contribution in [2.24, 2.45) is 5.92 Å². The van der Waals surface area contributed by atoms with Crippen molar-refractivity contribution in [3.05, 3.63) is 0 Å². The summed E-state index contributed by atoms with van der Waals surface area (Å²) in [7, 11) is 0. The predicted molar refractivity (Wildman–Crippen MR) is 56.5 cm³/mol. The second-order valence-electron chi connectivity index (χ2n) is 3.57. The van der Waals surface area contributed by atoms with Gasteiger partial charge in [0.1, 0.15) is 0 Å². The molecule has 1 aliphatic carbocycles. The summed E-state index contributed by atoms with van der Waals surface area (Å²) >= 11 is 5.43. The number of halogens is 1. The van der Waals surface area contributed by atoms with E-state index in [1.54, 1.807) is 0 Å². The third kappa shape index (κ3) is 4.29. The molecule has 0 aromatic rings. The van der Waals surface area contributed by atoms with Crippen molar-refractivity contribution in [1.82, 2.24) is 5.32 Å². The van der Waals surface area contributed by atoms with Gasteiger partial charge in [-0.25, -0.2) is 0 Å². The number of alkyl halides is 1. The molecule has 1 rings (SSSR count). The highest BCUT2D eigenvalue weighted by molar-refractivity contribution is 6.17. The Morgan fingerprint density at radius 3 is 2.71 bits per heavy atom. The quantitative estimate of drug-likeness (QED) is 0.544. The normalized spacial score (nSPS) is 17.2. The number of hydrogen-bond acceptors (Lipinski definition) is 2. The Balaban J connectivity index is 1.97. The number of rotatable bonds is 6. The number of carbonyl (C=O) groups excluding carboxylic acids is 1. The summed E-state index contributed by atoms with van der Waals surface area (Å²) in [6, 6.07) is 0. The minimum Gasteiger partial charge on any atom is -0.378 e. The Hall–Kier alpha value is -0.280. The van der Waals surface area contributed by atoms with Gasteiger partial charge in [-0.3, -0.25) is 4.79 Å². The van der Waals surface area contributed by atoms with E-state index in [1.165, 1.54) is 12.8 Å². The molecule has 0 aromatic carbocycles. The topological polar surface area (TPSA) is 38.3 Å². The Kier molecular flexibility index (Phi) is 5.96. The van der Waals surface area contributed by atoms with Gasteiger partial charge in [-0.15, -0.1) is 11.6 Å². The van der Waals surface area contributed by atoms with Crippen LogP contribution in [0.25, 0.3) is 0 Å². The zero-order valence-electron chi connectivity index (χ0n) is 8.43. The first-order chi connectivity index (χ1) is 6.84. The van der Waals surface area contributed by atoms with Crippen molar-refractivity contribution in [2.45, 2.75) is 25.7 Å². The van der Waals surface area contributed by atoms with Crippen LogP contribution in [0, 0.1) is 5.92 Å². The predicted octanol–water partition coefficient (Wildman–Crippen LogP) is 1.55. The summed E-state index contributed by atoms with van der Waals surface area (Å²) in [4.78, 5) is 11.5. The lowest BCUT2D eigenvalue weighted by atomic mass is 10.1. The summed E-state index contributed by atoms with van der Waals surface area (Å²) in [5.74, 6) is 0.955. The molecular formula is C10H18ClNO2. The van der Waals surface area contributed by atoms with Gasteiger partial charge in [-0.2, -0.15) is 0 Å². The fraction of sp³-hybridized carbons (Fsp3) is 0.900. The van der Waals surface area contributed by atoms with Crippen LogP contribution in [0.4, 0.5) is 0 Å². The maximum Gasteiger partial charge on any atom is 0.223 e. The van der Waals surface area contributed by atoms with Gasteiger partial charge in [0.15, 0.2) is 0 Å². The van der Waals surface area contributed by atoms with Crippen molar-refractivity contribution >= 4 is 17.5 Å². The van der Waals surface area contributed by atoms with E-state index in [-0.39, 0.29) is 11.8 Å². The van der Waals surface area contributed by atoms with Crippen LogP contribution in [0.2, 0.25) is 0 Å². The maximum atomic E-state index is 11.5. The fourth-order valence-electron chi connectivity index (χ4n) is 1.74. The summed E-state index contributed by atoms with van der Waals surface area (Å²) < 4.78 is 5.15. The van der Waals surface area contributed by atoms with Crippen LogP contribution in [-0.4, -0.2) is 31.5 Å². The minimum absolute atomic E-state index is 0.192. The molecule has 1 amide bonds. The molecule has 0 aliphatic heterocycles. The molecule has 0 spiro atoms. The van der Waals surface area contributed by atoms with E-state index in [1.807, 2.05) is 0 Å². The molecule has 0 unspecified atom stereocenters. The molecule has 1 N–H and O–H groups in total. The first-order valence-electron chi connectivity index (χ1n) is 5.26. The first-order valence-corrected chi connectivity index (χ1v) is 5.79. The van der Waals surface area contributed by atoms with E-state index in [0.717, 1.165) is 12.8 Å². The number of hydrogen-bond donors (Lipinski definition) is 1. The van der Waals surface area contributed by atoms with Crippen LogP contribution in [0.3, 0.4) is 0 Å². The zero-order valence-corrected chi connectivity index (χ0v) is 9.18. The van der Waals surface area contributed by atoms with Crippen LogP contribution in [-0.2, 0) is 9.53 Å². The van der Waals surface area contributed by atoms with E-state index < -0.39 is 0 Å². The van der Waals surface area contributed by atoms with Crippen molar-refractivity contribution < 1.29 is 9.53 Å². The lowest BCUT2D eigenvalue weighted by Gasteiger charge is -2.09. The highest BCUT2D eigenvalue weighted by Gasteiger charge is 2.21. The molecule has 82 valence electrons. The lowest BCUT2D eigenvalue weighted by molar-refractivity contribution is -0.125. The molecule has 0 aromatic heterocycles. The molecule has 0 atom stereocenters. The highest BCUT2D eigenvalue weighted by atomic mass is 35.5. The number of amides is 1. The average molecular weight is 220 g/mol. The Bertz CT molecular complexity index is 170. The Morgan fingerprint density at radius 2 is 2.07 bits per heavy atom. The minimum atomic E-state index is 0.192. The van der Waals surface area contributed by atoms with Gasteiger partial charge < -0.3 is 10.1 Å². The van der Waals surface area contributed by atoms with Crippen LogP contribution >= 0.6 is 11.6 Å². The van der Waals surface area contributed by atoms with Crippen molar-refractivity contribution in [2.75, 3.05) is 25.6 Å². The average Bonchev–Trinajstić information content (AvgIpc) is 2.70. The van der Waals surface area contributed by atoms with E-state index >= 15 is 0 Å². The third-order valence-corrected chi connectivity index (χ3v) is 2.65. The molecule has 3 nitrogen and oxygen atoms in total. The summed E-state index contributed by atoms with van der Waals surface area (Å²) in [6.07, 6.45) is 4.49. The largest absolute Gasteiger partial charge is 0.378 e. The number of nitrogens with one attached hydrogen (secondary N) is 1. The van der Waals surface area contributed by atoms with Gasteiger partial charge in [-0.05, 0) is 12.8 Å². The fourth-order valence-corrected chi connectivity index (χ4v) is 1.84. The van der Waals surface area contributed by atoms with Crippen molar-refractivity contribution in [1.29, 1.82) is 0 Å². The van der Waals surface area contributed by atoms with Gasteiger partial charge in [0.2, 0.25) is 5.91 Å². The van der Waals surface area contributed by atoms with Crippen LogP contribution < -0.4 is 5.32 Å². The van der Waals surface area contributed by atoms with Crippen LogP contribution in [0.5, 0.6) is 0 Å². The lowest BCUT2D eigenvalue weighted by Crippen LogP contribution is -2.32. The van der Waals surface area contributed by atoms with E-state index in [0.29, 0.717) is 25.6 Å². The molecule has 1 saturated carbocycles. The second-order valence-corrected chi connectivity index (χ2v) is 3.95. The summed E-state index contributed by atoms with van der Waals surface area (Å²) in [5.41, 5.74) is 0. The van der Waals surface area contributed by atoms with E-state index in [9.17, 15) is 4.79 Å². The molecule has 14 heavy (non-hydrogen) atoms. The van der Waals surface area contributed by atoms with Gasteiger partial charge in [0, 0.05) is 18.3 Å². The van der Waals surface area contributed by atoms with Gasteiger partial charge >= 0.3 is 0 Å². The molecule has 0 saturated heterocycles. The van der Waals surface area contributed by atoms with E-state index in [2.05, 4.69) is 5.32 Å². The van der Waals surface area contributed by atoms with E-state index in [4.69, 9.17) is 16.3 Å². The maximum absolute atomic E-state index is 11.5. The summed E-state index contributed by atoms with van der Waals surface area (Å²) in [5, 5.41) is 2.88. The van der Waals surface area contributed by atoms with Gasteiger partial charge in [0.05, 0.1) is 13.2 Å².